The fourth-order valence-corrected chi connectivity index (χ4v) is 4.21. The predicted octanol–water partition coefficient (Wildman–Crippen LogP) is 4.71. The molecule has 0 fully saturated rings. The molecule has 1 aliphatic carbocycles. The van der Waals surface area contributed by atoms with Gasteiger partial charge in [-0.05, 0) is 56.3 Å². The highest BCUT2D eigenvalue weighted by Gasteiger charge is 2.30. The Morgan fingerprint density at radius 3 is 2.73 bits per heavy atom. The minimum Gasteiger partial charge on any atom is -0.376 e. The first-order valence-corrected chi connectivity index (χ1v) is 9.32. The highest BCUT2D eigenvalue weighted by atomic mass is 16.5. The van der Waals surface area contributed by atoms with Crippen LogP contribution in [0.15, 0.2) is 54.6 Å². The van der Waals surface area contributed by atoms with E-state index < -0.39 is 0 Å². The van der Waals surface area contributed by atoms with E-state index in [0.717, 1.165) is 30.6 Å². The van der Waals surface area contributed by atoms with Crippen LogP contribution in [0.2, 0.25) is 0 Å². The highest BCUT2D eigenvalue weighted by Crippen LogP contribution is 2.38. The maximum absolute atomic E-state index is 5.89. The molecule has 1 heterocycles. The van der Waals surface area contributed by atoms with Crippen molar-refractivity contribution in [1.82, 2.24) is 9.88 Å². The van der Waals surface area contributed by atoms with Crippen molar-refractivity contribution in [3.05, 3.63) is 65.7 Å². The summed E-state index contributed by atoms with van der Waals surface area (Å²) in [5.41, 5.74) is 6.02. The van der Waals surface area contributed by atoms with Crippen LogP contribution in [0, 0.1) is 5.92 Å². The van der Waals surface area contributed by atoms with Crippen LogP contribution in [0.25, 0.3) is 22.2 Å². The second kappa shape index (κ2) is 7.18. The minimum absolute atomic E-state index is 0.180. The van der Waals surface area contributed by atoms with Crippen LogP contribution in [0.4, 0.5) is 0 Å². The molecule has 1 aromatic heterocycles. The lowest BCUT2D eigenvalue weighted by molar-refractivity contribution is 0.0299. The van der Waals surface area contributed by atoms with Gasteiger partial charge in [0.15, 0.2) is 0 Å². The van der Waals surface area contributed by atoms with Crippen LogP contribution in [-0.4, -0.2) is 37.6 Å². The van der Waals surface area contributed by atoms with E-state index in [0.29, 0.717) is 5.92 Å². The van der Waals surface area contributed by atoms with E-state index in [2.05, 4.69) is 67.5 Å². The third-order valence-electron chi connectivity index (χ3n) is 5.41. The van der Waals surface area contributed by atoms with Gasteiger partial charge in [-0.1, -0.05) is 36.4 Å². The molecule has 0 aliphatic heterocycles. The van der Waals surface area contributed by atoms with Gasteiger partial charge in [0.05, 0.1) is 17.3 Å². The Labute approximate surface area is 155 Å². The van der Waals surface area contributed by atoms with Crippen molar-refractivity contribution < 1.29 is 4.74 Å². The number of para-hydroxylation sites is 1. The summed E-state index contributed by atoms with van der Waals surface area (Å²) in [5, 5.41) is 1.18. The average molecular weight is 346 g/mol. The molecule has 0 saturated carbocycles. The van der Waals surface area contributed by atoms with Gasteiger partial charge in [-0.25, -0.2) is 4.98 Å². The van der Waals surface area contributed by atoms with Crippen molar-refractivity contribution in [1.29, 1.82) is 0 Å². The van der Waals surface area contributed by atoms with E-state index in [1.807, 2.05) is 13.2 Å². The topological polar surface area (TPSA) is 25.4 Å². The Kier molecular flexibility index (Phi) is 4.75. The third-order valence-corrected chi connectivity index (χ3v) is 5.41. The number of methoxy groups -OCH3 is 1. The van der Waals surface area contributed by atoms with Crippen molar-refractivity contribution >= 4 is 10.9 Å². The van der Waals surface area contributed by atoms with Crippen molar-refractivity contribution in [3.63, 3.8) is 0 Å². The summed E-state index contributed by atoms with van der Waals surface area (Å²) >= 11 is 0. The molecule has 4 rings (SSSR count). The minimum atomic E-state index is 0.180. The van der Waals surface area contributed by atoms with Gasteiger partial charge in [-0.2, -0.15) is 0 Å². The lowest BCUT2D eigenvalue weighted by Gasteiger charge is -2.34. The second-order valence-electron chi connectivity index (χ2n) is 7.52. The number of hydrogen-bond donors (Lipinski definition) is 0. The smallest absolute Gasteiger partial charge is 0.0864 e. The Balaban J connectivity index is 1.68. The molecule has 26 heavy (non-hydrogen) atoms. The van der Waals surface area contributed by atoms with Crippen LogP contribution in [0.1, 0.15) is 23.7 Å². The SMILES string of the molecule is COC1c2ccc(-c3ccc4ccccc4n3)cc2CCC1CN(C)C. The summed E-state index contributed by atoms with van der Waals surface area (Å²) in [7, 11) is 6.11. The van der Waals surface area contributed by atoms with Gasteiger partial charge in [-0.3, -0.25) is 0 Å². The van der Waals surface area contributed by atoms with E-state index in [-0.39, 0.29) is 6.10 Å². The standard InChI is InChI=1S/C23H26N2O/c1-25(2)15-19-9-8-17-14-18(10-12-20(17)23(19)26-3)22-13-11-16-6-4-5-7-21(16)24-22/h4-7,10-14,19,23H,8-9,15H2,1-3H3. The molecule has 0 N–H and O–H groups in total. The Morgan fingerprint density at radius 1 is 1.08 bits per heavy atom. The van der Waals surface area contributed by atoms with E-state index in [9.17, 15) is 0 Å². The fourth-order valence-electron chi connectivity index (χ4n) is 4.21. The van der Waals surface area contributed by atoms with E-state index in [4.69, 9.17) is 9.72 Å². The first kappa shape index (κ1) is 17.2. The predicted molar refractivity (Wildman–Crippen MR) is 107 cm³/mol. The number of aryl methyl sites for hydroxylation is 1. The fraction of sp³-hybridized carbons (Fsp3) is 0.348. The molecule has 3 nitrogen and oxygen atoms in total. The molecule has 134 valence electrons. The number of rotatable bonds is 4. The molecule has 3 heteroatoms. The lowest BCUT2D eigenvalue weighted by Crippen LogP contribution is -2.31. The lowest BCUT2D eigenvalue weighted by atomic mass is 9.80. The zero-order valence-corrected chi connectivity index (χ0v) is 15.8. The second-order valence-corrected chi connectivity index (χ2v) is 7.52. The van der Waals surface area contributed by atoms with Gasteiger partial charge in [-0.15, -0.1) is 0 Å². The first-order valence-electron chi connectivity index (χ1n) is 9.32. The van der Waals surface area contributed by atoms with E-state index in [1.54, 1.807) is 0 Å². The third kappa shape index (κ3) is 3.25. The molecule has 2 aromatic carbocycles. The van der Waals surface area contributed by atoms with Gasteiger partial charge < -0.3 is 9.64 Å². The zero-order chi connectivity index (χ0) is 18.1. The zero-order valence-electron chi connectivity index (χ0n) is 15.8. The van der Waals surface area contributed by atoms with Crippen LogP contribution >= 0.6 is 0 Å². The molecule has 0 bridgehead atoms. The number of benzene rings is 2. The summed E-state index contributed by atoms with van der Waals surface area (Å²) < 4.78 is 5.89. The number of nitrogens with zero attached hydrogens (tertiary/aromatic N) is 2. The number of aromatic nitrogens is 1. The first-order chi connectivity index (χ1) is 12.7. The van der Waals surface area contributed by atoms with Crippen molar-refractivity contribution in [3.8, 4) is 11.3 Å². The molecule has 0 amide bonds. The number of fused-ring (bicyclic) bond motifs is 2. The Hall–Kier alpha value is -2.23. The number of ether oxygens (including phenoxy) is 1. The van der Waals surface area contributed by atoms with Gasteiger partial charge in [0.2, 0.25) is 0 Å². The summed E-state index contributed by atoms with van der Waals surface area (Å²) in [5.74, 6) is 0.548. The molecule has 0 saturated heterocycles. The number of pyridine rings is 1. The van der Waals surface area contributed by atoms with Crippen molar-refractivity contribution in [2.24, 2.45) is 5.92 Å². The van der Waals surface area contributed by atoms with Crippen molar-refractivity contribution in [2.45, 2.75) is 18.9 Å². The van der Waals surface area contributed by atoms with Crippen LogP contribution in [0.5, 0.6) is 0 Å². The number of hydrogen-bond acceptors (Lipinski definition) is 3. The highest BCUT2D eigenvalue weighted by molar-refractivity contribution is 5.81. The van der Waals surface area contributed by atoms with Crippen LogP contribution in [-0.2, 0) is 11.2 Å². The molecular formula is C23H26N2O. The summed E-state index contributed by atoms with van der Waals surface area (Å²) in [6.07, 6.45) is 2.45. The quantitative estimate of drug-likeness (QED) is 0.684. The van der Waals surface area contributed by atoms with Gasteiger partial charge in [0.1, 0.15) is 0 Å². The molecule has 0 spiro atoms. The molecule has 3 aromatic rings. The maximum Gasteiger partial charge on any atom is 0.0864 e. The van der Waals surface area contributed by atoms with E-state index in [1.165, 1.54) is 22.1 Å². The Bertz CT molecular complexity index is 919. The van der Waals surface area contributed by atoms with E-state index >= 15 is 0 Å². The largest absolute Gasteiger partial charge is 0.376 e. The molecular weight excluding hydrogens is 320 g/mol. The Morgan fingerprint density at radius 2 is 1.92 bits per heavy atom. The molecule has 2 atom stereocenters. The summed E-state index contributed by atoms with van der Waals surface area (Å²) in [6.45, 7) is 1.06. The van der Waals surface area contributed by atoms with Gasteiger partial charge in [0.25, 0.3) is 0 Å². The molecule has 1 aliphatic rings. The van der Waals surface area contributed by atoms with Gasteiger partial charge >= 0.3 is 0 Å². The monoisotopic (exact) mass is 346 g/mol. The van der Waals surface area contributed by atoms with Gasteiger partial charge in [0, 0.05) is 30.5 Å². The van der Waals surface area contributed by atoms with Crippen LogP contribution < -0.4 is 0 Å². The van der Waals surface area contributed by atoms with Crippen LogP contribution in [0.3, 0.4) is 0 Å². The summed E-state index contributed by atoms with van der Waals surface area (Å²) in [6, 6.07) is 19.3. The van der Waals surface area contributed by atoms with Crippen molar-refractivity contribution in [2.75, 3.05) is 27.7 Å². The summed E-state index contributed by atoms with van der Waals surface area (Å²) in [4.78, 5) is 7.11. The average Bonchev–Trinajstić information content (AvgIpc) is 2.66. The maximum atomic E-state index is 5.89. The normalized spacial score (nSPS) is 19.7. The molecule has 2 unspecified atom stereocenters. The molecule has 0 radical (unpaired) electrons.